The third kappa shape index (κ3) is 6.41. The third-order valence-electron chi connectivity index (χ3n) is 5.57. The molecule has 3 N–H and O–H groups in total. The number of methoxy groups -OCH3 is 2. The van der Waals surface area contributed by atoms with Gasteiger partial charge < -0.3 is 19.7 Å². The molecule has 3 amide bonds. The van der Waals surface area contributed by atoms with Crippen molar-refractivity contribution in [2.75, 3.05) is 27.8 Å². The molecule has 1 saturated carbocycles. The average Bonchev–Trinajstić information content (AvgIpc) is 2.71. The van der Waals surface area contributed by atoms with Crippen molar-refractivity contribution >= 4 is 11.9 Å². The highest BCUT2D eigenvalue weighted by Gasteiger charge is 2.24. The van der Waals surface area contributed by atoms with E-state index in [1.54, 1.807) is 14.2 Å². The summed E-state index contributed by atoms with van der Waals surface area (Å²) in [7, 11) is 5.19. The minimum absolute atomic E-state index is 0.187. The minimum Gasteiger partial charge on any atom is -0.493 e. The maximum Gasteiger partial charge on any atom is 0.321 e. The zero-order valence-corrected chi connectivity index (χ0v) is 17.5. The molecule has 156 valence electrons. The zero-order valence-electron chi connectivity index (χ0n) is 17.5. The summed E-state index contributed by atoms with van der Waals surface area (Å²) in [6.45, 7) is 2.60. The van der Waals surface area contributed by atoms with Crippen LogP contribution < -0.4 is 25.0 Å². The molecule has 0 aromatic heterocycles. The van der Waals surface area contributed by atoms with E-state index < -0.39 is 0 Å². The fourth-order valence-corrected chi connectivity index (χ4v) is 3.51. The fourth-order valence-electron chi connectivity index (χ4n) is 3.51. The number of quaternary nitrogens is 1. The standard InChI is InChI=1S/C21H33N3O4/c1-15(20(25)23-21(26)22-17-8-6-5-7-9-17)24(2)13-12-16-10-11-18(27-3)19(14-16)28-4/h10-11,14-15,17H,5-9,12-13H2,1-4H3,(H2,22,23,25,26)/p+1/t15-/m1/s1. The monoisotopic (exact) mass is 392 g/mol. The van der Waals surface area contributed by atoms with Gasteiger partial charge in [-0.2, -0.15) is 0 Å². The van der Waals surface area contributed by atoms with Gasteiger partial charge >= 0.3 is 6.03 Å². The molecule has 0 heterocycles. The average molecular weight is 393 g/mol. The second-order valence-electron chi connectivity index (χ2n) is 7.56. The molecular formula is C21H34N3O4+. The smallest absolute Gasteiger partial charge is 0.321 e. The van der Waals surface area contributed by atoms with Crippen LogP contribution in [0, 0.1) is 0 Å². The van der Waals surface area contributed by atoms with Crippen molar-refractivity contribution in [1.82, 2.24) is 10.6 Å². The number of carbonyl (C=O) groups is 2. The fraction of sp³-hybridized carbons (Fsp3) is 0.619. The summed E-state index contributed by atoms with van der Waals surface area (Å²) in [5.41, 5.74) is 1.11. The molecule has 0 spiro atoms. The van der Waals surface area contributed by atoms with Crippen molar-refractivity contribution in [2.24, 2.45) is 0 Å². The Morgan fingerprint density at radius 2 is 1.82 bits per heavy atom. The number of amides is 3. The quantitative estimate of drug-likeness (QED) is 0.623. The van der Waals surface area contributed by atoms with E-state index in [1.165, 1.54) is 6.42 Å². The molecule has 1 unspecified atom stereocenters. The first-order chi connectivity index (χ1) is 13.4. The minimum atomic E-state index is -0.378. The lowest BCUT2D eigenvalue weighted by Gasteiger charge is -2.24. The summed E-state index contributed by atoms with van der Waals surface area (Å²) >= 11 is 0. The van der Waals surface area contributed by atoms with Crippen LogP contribution in [-0.4, -0.2) is 51.8 Å². The highest BCUT2D eigenvalue weighted by Crippen LogP contribution is 2.27. The van der Waals surface area contributed by atoms with E-state index in [1.807, 2.05) is 32.2 Å². The Bertz CT molecular complexity index is 659. The predicted octanol–water partition coefficient (Wildman–Crippen LogP) is 1.31. The molecule has 1 aromatic carbocycles. The third-order valence-corrected chi connectivity index (χ3v) is 5.57. The van der Waals surface area contributed by atoms with Crippen LogP contribution in [0.25, 0.3) is 0 Å². The summed E-state index contributed by atoms with van der Waals surface area (Å²) in [5.74, 6) is 1.14. The van der Waals surface area contributed by atoms with Crippen molar-refractivity contribution in [3.05, 3.63) is 23.8 Å². The van der Waals surface area contributed by atoms with E-state index in [4.69, 9.17) is 9.47 Å². The van der Waals surface area contributed by atoms with Crippen LogP contribution in [0.2, 0.25) is 0 Å². The summed E-state index contributed by atoms with van der Waals surface area (Å²) < 4.78 is 10.6. The van der Waals surface area contributed by atoms with Gasteiger partial charge in [0.25, 0.3) is 5.91 Å². The molecule has 0 aliphatic heterocycles. The van der Waals surface area contributed by atoms with Gasteiger partial charge in [0.15, 0.2) is 17.5 Å². The van der Waals surface area contributed by atoms with Crippen molar-refractivity contribution < 1.29 is 24.0 Å². The van der Waals surface area contributed by atoms with Crippen LogP contribution in [-0.2, 0) is 11.2 Å². The molecule has 2 atom stereocenters. The molecule has 1 aromatic rings. The number of benzene rings is 1. The number of likely N-dealkylation sites (N-methyl/N-ethyl adjacent to an activating group) is 1. The molecule has 0 saturated heterocycles. The first kappa shape index (κ1) is 22.0. The Labute approximate surface area is 167 Å². The van der Waals surface area contributed by atoms with Crippen LogP contribution in [0.1, 0.15) is 44.6 Å². The van der Waals surface area contributed by atoms with Crippen LogP contribution in [0.5, 0.6) is 11.5 Å². The van der Waals surface area contributed by atoms with Crippen LogP contribution in [0.15, 0.2) is 18.2 Å². The molecule has 7 heteroatoms. The van der Waals surface area contributed by atoms with Gasteiger partial charge in [-0.3, -0.25) is 10.1 Å². The molecule has 1 aliphatic rings. The number of hydrogen-bond donors (Lipinski definition) is 3. The van der Waals surface area contributed by atoms with Gasteiger partial charge in [-0.25, -0.2) is 4.79 Å². The largest absolute Gasteiger partial charge is 0.493 e. The first-order valence-corrected chi connectivity index (χ1v) is 10.1. The van der Waals surface area contributed by atoms with Crippen molar-refractivity contribution in [1.29, 1.82) is 0 Å². The number of rotatable bonds is 8. The highest BCUT2D eigenvalue weighted by molar-refractivity contribution is 5.96. The van der Waals surface area contributed by atoms with Gasteiger partial charge in [0.2, 0.25) is 0 Å². The summed E-state index contributed by atoms with van der Waals surface area (Å²) in [6, 6.07) is 5.32. The van der Waals surface area contributed by atoms with Crippen molar-refractivity contribution in [3.8, 4) is 11.5 Å². The number of carbonyl (C=O) groups excluding carboxylic acids is 2. The maximum absolute atomic E-state index is 12.4. The Balaban J connectivity index is 1.80. The number of urea groups is 1. The molecule has 7 nitrogen and oxygen atoms in total. The lowest BCUT2D eigenvalue weighted by atomic mass is 9.96. The van der Waals surface area contributed by atoms with E-state index in [-0.39, 0.29) is 24.0 Å². The van der Waals surface area contributed by atoms with E-state index >= 15 is 0 Å². The first-order valence-electron chi connectivity index (χ1n) is 10.1. The second kappa shape index (κ2) is 10.9. The molecular weight excluding hydrogens is 358 g/mol. The molecule has 28 heavy (non-hydrogen) atoms. The van der Waals surface area contributed by atoms with Crippen LogP contribution >= 0.6 is 0 Å². The topological polar surface area (TPSA) is 81.1 Å². The SMILES string of the molecule is COc1ccc(CC[NH+](C)[C@H](C)C(=O)NC(=O)NC2CCCCC2)cc1OC. The summed E-state index contributed by atoms with van der Waals surface area (Å²) in [4.78, 5) is 25.5. The Kier molecular flexibility index (Phi) is 8.57. The van der Waals surface area contributed by atoms with Crippen LogP contribution in [0.4, 0.5) is 4.79 Å². The molecule has 1 fully saturated rings. The Hall–Kier alpha value is -2.28. The van der Waals surface area contributed by atoms with Crippen LogP contribution in [0.3, 0.4) is 0 Å². The van der Waals surface area contributed by atoms with Crippen molar-refractivity contribution in [3.63, 3.8) is 0 Å². The summed E-state index contributed by atoms with van der Waals surface area (Å²) in [5, 5.41) is 5.41. The normalized spacial score (nSPS) is 16.7. The van der Waals surface area contributed by atoms with E-state index in [9.17, 15) is 9.59 Å². The van der Waals surface area contributed by atoms with Gasteiger partial charge in [0.05, 0.1) is 27.8 Å². The highest BCUT2D eigenvalue weighted by atomic mass is 16.5. The van der Waals surface area contributed by atoms with E-state index in [0.717, 1.165) is 49.1 Å². The van der Waals surface area contributed by atoms with Gasteiger partial charge in [0.1, 0.15) is 0 Å². The van der Waals surface area contributed by atoms with E-state index in [2.05, 4.69) is 10.6 Å². The number of nitrogens with one attached hydrogen (secondary N) is 3. The van der Waals surface area contributed by atoms with Gasteiger partial charge in [-0.05, 0) is 37.5 Å². The number of ether oxygens (including phenoxy) is 2. The molecule has 0 bridgehead atoms. The Morgan fingerprint density at radius 3 is 2.46 bits per heavy atom. The van der Waals surface area contributed by atoms with Gasteiger partial charge in [-0.15, -0.1) is 0 Å². The lowest BCUT2D eigenvalue weighted by Crippen LogP contribution is -3.14. The van der Waals surface area contributed by atoms with E-state index in [0.29, 0.717) is 11.5 Å². The molecule has 2 rings (SSSR count). The Morgan fingerprint density at radius 1 is 1.14 bits per heavy atom. The zero-order chi connectivity index (χ0) is 20.5. The van der Waals surface area contributed by atoms with Crippen molar-refractivity contribution in [2.45, 2.75) is 57.5 Å². The van der Waals surface area contributed by atoms with Gasteiger partial charge in [0, 0.05) is 12.5 Å². The lowest BCUT2D eigenvalue weighted by molar-refractivity contribution is -0.894. The maximum atomic E-state index is 12.4. The molecule has 1 aliphatic carbocycles. The predicted molar refractivity (Wildman–Crippen MR) is 108 cm³/mol. The second-order valence-corrected chi connectivity index (χ2v) is 7.56. The number of imide groups is 1. The van der Waals surface area contributed by atoms with Gasteiger partial charge in [-0.1, -0.05) is 25.3 Å². The molecule has 0 radical (unpaired) electrons. The number of hydrogen-bond acceptors (Lipinski definition) is 4. The summed E-state index contributed by atoms with van der Waals surface area (Å²) in [6.07, 6.45) is 6.28.